The Morgan fingerprint density at radius 1 is 1.24 bits per heavy atom. The molecule has 0 radical (unpaired) electrons. The van der Waals surface area contributed by atoms with E-state index < -0.39 is 0 Å². The zero-order chi connectivity index (χ0) is 14.0. The van der Waals surface area contributed by atoms with E-state index in [4.69, 9.17) is 5.73 Å². The van der Waals surface area contributed by atoms with E-state index >= 15 is 0 Å². The highest BCUT2D eigenvalue weighted by molar-refractivity contribution is 5.85. The molecule has 2 unspecified atom stereocenters. The first-order valence-electron chi connectivity index (χ1n) is 7.78. The minimum absolute atomic E-state index is 0. The van der Waals surface area contributed by atoms with Crippen LogP contribution in [0.1, 0.15) is 44.1 Å². The highest BCUT2D eigenvalue weighted by Gasteiger charge is 2.44. The van der Waals surface area contributed by atoms with Gasteiger partial charge in [0.2, 0.25) is 5.91 Å². The molecule has 3 N–H and O–H groups in total. The molecule has 0 spiro atoms. The van der Waals surface area contributed by atoms with E-state index in [2.05, 4.69) is 29.6 Å². The lowest BCUT2D eigenvalue weighted by Crippen LogP contribution is -2.40. The molecule has 2 aliphatic rings. The summed E-state index contributed by atoms with van der Waals surface area (Å²) in [5.41, 5.74) is 7.53. The monoisotopic (exact) mass is 308 g/mol. The number of nitrogens with two attached hydrogens (primary N) is 1. The predicted octanol–water partition coefficient (Wildman–Crippen LogP) is 2.77. The van der Waals surface area contributed by atoms with Gasteiger partial charge in [0.15, 0.2) is 0 Å². The van der Waals surface area contributed by atoms with E-state index in [1.165, 1.54) is 18.4 Å². The molecule has 21 heavy (non-hydrogen) atoms. The molecule has 1 amide bonds. The molecule has 2 atom stereocenters. The van der Waals surface area contributed by atoms with Crippen LogP contribution in [0.25, 0.3) is 0 Å². The third-order valence-electron chi connectivity index (χ3n) is 4.93. The zero-order valence-corrected chi connectivity index (χ0v) is 13.2. The van der Waals surface area contributed by atoms with Gasteiger partial charge in [-0.15, -0.1) is 12.4 Å². The lowest BCUT2D eigenvalue weighted by Gasteiger charge is -2.26. The van der Waals surface area contributed by atoms with E-state index in [0.717, 1.165) is 32.2 Å². The summed E-state index contributed by atoms with van der Waals surface area (Å²) in [6, 6.07) is 10.8. The smallest absolute Gasteiger partial charge is 0.223 e. The van der Waals surface area contributed by atoms with Gasteiger partial charge >= 0.3 is 0 Å². The summed E-state index contributed by atoms with van der Waals surface area (Å²) in [6.45, 7) is 0.779. The lowest BCUT2D eigenvalue weighted by molar-refractivity contribution is -0.126. The van der Waals surface area contributed by atoms with Gasteiger partial charge in [-0.25, -0.2) is 0 Å². The van der Waals surface area contributed by atoms with Crippen molar-refractivity contribution in [2.75, 3.05) is 6.54 Å². The highest BCUT2D eigenvalue weighted by atomic mass is 35.5. The van der Waals surface area contributed by atoms with Gasteiger partial charge in [-0.05, 0) is 37.7 Å². The minimum atomic E-state index is 0. The average Bonchev–Trinajstić information content (AvgIpc) is 3.27. The van der Waals surface area contributed by atoms with Crippen LogP contribution in [-0.4, -0.2) is 18.5 Å². The summed E-state index contributed by atoms with van der Waals surface area (Å²) in [4.78, 5) is 12.3. The first-order chi connectivity index (χ1) is 9.70. The summed E-state index contributed by atoms with van der Waals surface area (Å²) in [6.07, 6.45) is 6.37. The lowest BCUT2D eigenvalue weighted by atomic mass is 9.85. The third-order valence-corrected chi connectivity index (χ3v) is 4.93. The summed E-state index contributed by atoms with van der Waals surface area (Å²) in [5.74, 6) is 0.340. The molecule has 116 valence electrons. The molecule has 0 heterocycles. The number of hydrogen-bond acceptors (Lipinski definition) is 2. The van der Waals surface area contributed by atoms with Crippen LogP contribution in [0.2, 0.25) is 0 Å². The van der Waals surface area contributed by atoms with Gasteiger partial charge in [-0.3, -0.25) is 4.79 Å². The molecule has 2 saturated carbocycles. The van der Waals surface area contributed by atoms with Crippen LogP contribution in [-0.2, 0) is 10.2 Å². The standard InChI is InChI=1S/C17H24N2O.ClH/c18-15-8-4-5-13(11-15)16(20)19-12-17(9-10-17)14-6-2-1-3-7-14;/h1-3,6-7,13,15H,4-5,8-12,18H2,(H,19,20);1H. The van der Waals surface area contributed by atoms with Crippen LogP contribution < -0.4 is 11.1 Å². The maximum atomic E-state index is 12.3. The number of nitrogens with one attached hydrogen (secondary N) is 1. The topological polar surface area (TPSA) is 55.1 Å². The molecule has 0 bridgehead atoms. The fourth-order valence-corrected chi connectivity index (χ4v) is 3.38. The van der Waals surface area contributed by atoms with Gasteiger partial charge < -0.3 is 11.1 Å². The van der Waals surface area contributed by atoms with Crippen molar-refractivity contribution in [2.24, 2.45) is 11.7 Å². The molecule has 3 rings (SSSR count). The van der Waals surface area contributed by atoms with E-state index in [1.807, 2.05) is 6.07 Å². The van der Waals surface area contributed by atoms with E-state index in [9.17, 15) is 4.79 Å². The van der Waals surface area contributed by atoms with Gasteiger partial charge in [0.1, 0.15) is 0 Å². The van der Waals surface area contributed by atoms with Crippen molar-refractivity contribution < 1.29 is 4.79 Å². The Balaban J connectivity index is 0.00000161. The predicted molar refractivity (Wildman–Crippen MR) is 87.5 cm³/mol. The average molecular weight is 309 g/mol. The first-order valence-corrected chi connectivity index (χ1v) is 7.78. The van der Waals surface area contributed by atoms with E-state index in [1.54, 1.807) is 0 Å². The van der Waals surface area contributed by atoms with Crippen molar-refractivity contribution in [3.8, 4) is 0 Å². The van der Waals surface area contributed by atoms with Crippen LogP contribution in [0.15, 0.2) is 30.3 Å². The Bertz CT molecular complexity index is 473. The second kappa shape index (κ2) is 6.80. The number of carbonyl (C=O) groups excluding carboxylic acids is 1. The minimum Gasteiger partial charge on any atom is -0.355 e. The molecule has 3 nitrogen and oxygen atoms in total. The van der Waals surface area contributed by atoms with Crippen molar-refractivity contribution in [3.63, 3.8) is 0 Å². The highest BCUT2D eigenvalue weighted by Crippen LogP contribution is 2.47. The van der Waals surface area contributed by atoms with Gasteiger partial charge in [-0.2, -0.15) is 0 Å². The van der Waals surface area contributed by atoms with Gasteiger partial charge in [0.05, 0.1) is 0 Å². The molecule has 0 aromatic heterocycles. The fourth-order valence-electron chi connectivity index (χ4n) is 3.38. The molecule has 0 aliphatic heterocycles. The fraction of sp³-hybridized carbons (Fsp3) is 0.588. The zero-order valence-electron chi connectivity index (χ0n) is 12.4. The van der Waals surface area contributed by atoms with Gasteiger partial charge in [0.25, 0.3) is 0 Å². The number of amides is 1. The molecule has 2 fully saturated rings. The molecular weight excluding hydrogens is 284 g/mol. The van der Waals surface area contributed by atoms with E-state index in [-0.39, 0.29) is 35.7 Å². The normalized spacial score (nSPS) is 26.5. The van der Waals surface area contributed by atoms with Crippen LogP contribution in [0.3, 0.4) is 0 Å². The second-order valence-corrected chi connectivity index (χ2v) is 6.49. The Kier molecular flexibility index (Phi) is 5.28. The third kappa shape index (κ3) is 3.78. The summed E-state index contributed by atoms with van der Waals surface area (Å²) >= 11 is 0. The Hall–Kier alpha value is -1.06. The number of halogens is 1. The summed E-state index contributed by atoms with van der Waals surface area (Å²) < 4.78 is 0. The molecule has 4 heteroatoms. The Morgan fingerprint density at radius 3 is 2.57 bits per heavy atom. The number of carbonyl (C=O) groups is 1. The molecular formula is C17H25ClN2O. The van der Waals surface area contributed by atoms with E-state index in [0.29, 0.717) is 0 Å². The van der Waals surface area contributed by atoms with Crippen molar-refractivity contribution in [1.82, 2.24) is 5.32 Å². The van der Waals surface area contributed by atoms with Crippen LogP contribution in [0, 0.1) is 5.92 Å². The van der Waals surface area contributed by atoms with Gasteiger partial charge in [-0.1, -0.05) is 36.8 Å². The number of rotatable bonds is 4. The van der Waals surface area contributed by atoms with Crippen molar-refractivity contribution in [2.45, 2.75) is 50.0 Å². The first kappa shape index (κ1) is 16.3. The van der Waals surface area contributed by atoms with Crippen molar-refractivity contribution in [1.29, 1.82) is 0 Å². The van der Waals surface area contributed by atoms with Crippen molar-refractivity contribution >= 4 is 18.3 Å². The Labute approximate surface area is 133 Å². The summed E-state index contributed by atoms with van der Waals surface area (Å²) in [5, 5.41) is 3.18. The molecule has 2 aliphatic carbocycles. The van der Waals surface area contributed by atoms with Crippen LogP contribution in [0.5, 0.6) is 0 Å². The van der Waals surface area contributed by atoms with Gasteiger partial charge in [0, 0.05) is 23.9 Å². The van der Waals surface area contributed by atoms with Crippen LogP contribution in [0.4, 0.5) is 0 Å². The number of hydrogen-bond donors (Lipinski definition) is 2. The van der Waals surface area contributed by atoms with Crippen LogP contribution >= 0.6 is 12.4 Å². The second-order valence-electron chi connectivity index (χ2n) is 6.49. The SMILES string of the molecule is Cl.NC1CCCC(C(=O)NCC2(c3ccccc3)CC2)C1. The maximum absolute atomic E-state index is 12.3. The van der Waals surface area contributed by atoms with Crippen molar-refractivity contribution in [3.05, 3.63) is 35.9 Å². The quantitative estimate of drug-likeness (QED) is 0.898. The molecule has 1 aromatic carbocycles. The Morgan fingerprint density at radius 2 is 1.95 bits per heavy atom. The molecule has 0 saturated heterocycles. The molecule has 1 aromatic rings. The largest absolute Gasteiger partial charge is 0.355 e. The number of benzene rings is 1. The summed E-state index contributed by atoms with van der Waals surface area (Å²) in [7, 11) is 0. The maximum Gasteiger partial charge on any atom is 0.223 e.